The third kappa shape index (κ3) is 6.29. The molecule has 2 aromatic carbocycles. The van der Waals surface area contributed by atoms with E-state index < -0.39 is 29.7 Å². The second kappa shape index (κ2) is 9.25. The number of urea groups is 1. The SMILES string of the molecule is CC(C)C(NC(=O)Nc1ccccc1)C(=O)NCc1cccc(C(F)(F)F)c1. The molecule has 0 aliphatic rings. The van der Waals surface area contributed by atoms with E-state index >= 15 is 0 Å². The van der Waals surface area contributed by atoms with Crippen LogP contribution in [-0.2, 0) is 17.5 Å². The van der Waals surface area contributed by atoms with Crippen LogP contribution in [0.25, 0.3) is 0 Å². The number of nitrogens with one attached hydrogen (secondary N) is 3. The van der Waals surface area contributed by atoms with E-state index in [4.69, 9.17) is 0 Å². The molecule has 0 aliphatic heterocycles. The van der Waals surface area contributed by atoms with Crippen molar-refractivity contribution in [1.29, 1.82) is 0 Å². The van der Waals surface area contributed by atoms with E-state index in [0.717, 1.165) is 12.1 Å². The molecule has 0 saturated carbocycles. The number of amides is 3. The molecule has 0 radical (unpaired) electrons. The second-order valence-corrected chi connectivity index (χ2v) is 6.60. The van der Waals surface area contributed by atoms with Crippen molar-refractivity contribution in [3.05, 3.63) is 65.7 Å². The van der Waals surface area contributed by atoms with Gasteiger partial charge in [-0.25, -0.2) is 4.79 Å². The van der Waals surface area contributed by atoms with E-state index in [1.165, 1.54) is 12.1 Å². The van der Waals surface area contributed by atoms with Crippen LogP contribution in [0.4, 0.5) is 23.7 Å². The first-order valence-electron chi connectivity index (χ1n) is 8.73. The summed E-state index contributed by atoms with van der Waals surface area (Å²) in [6, 6.07) is 12.1. The Labute approximate surface area is 161 Å². The normalized spacial score (nSPS) is 12.4. The fourth-order valence-corrected chi connectivity index (χ4v) is 2.52. The quantitative estimate of drug-likeness (QED) is 0.690. The van der Waals surface area contributed by atoms with Crippen LogP contribution in [0.2, 0.25) is 0 Å². The Morgan fingerprint density at radius 3 is 2.29 bits per heavy atom. The third-order valence-corrected chi connectivity index (χ3v) is 3.99. The Morgan fingerprint density at radius 1 is 1.00 bits per heavy atom. The van der Waals surface area contributed by atoms with Gasteiger partial charge in [0, 0.05) is 12.2 Å². The van der Waals surface area contributed by atoms with Gasteiger partial charge < -0.3 is 16.0 Å². The van der Waals surface area contributed by atoms with Crippen LogP contribution in [0.1, 0.15) is 25.0 Å². The van der Waals surface area contributed by atoms with Gasteiger partial charge in [-0.2, -0.15) is 13.2 Å². The number of anilines is 1. The Hall–Kier alpha value is -3.03. The zero-order valence-electron chi connectivity index (χ0n) is 15.5. The summed E-state index contributed by atoms with van der Waals surface area (Å²) in [6.07, 6.45) is -4.45. The molecule has 0 heterocycles. The number of halogens is 3. The van der Waals surface area contributed by atoms with E-state index in [0.29, 0.717) is 11.3 Å². The molecule has 0 fully saturated rings. The molecule has 0 aliphatic carbocycles. The number of hydrogen-bond donors (Lipinski definition) is 3. The lowest BCUT2D eigenvalue weighted by atomic mass is 10.0. The number of carbonyl (C=O) groups excluding carboxylic acids is 2. The maximum atomic E-state index is 12.8. The predicted molar refractivity (Wildman–Crippen MR) is 101 cm³/mol. The Bertz CT molecular complexity index is 808. The first-order chi connectivity index (χ1) is 13.2. The molecule has 0 saturated heterocycles. The topological polar surface area (TPSA) is 70.2 Å². The van der Waals surface area contributed by atoms with Crippen LogP contribution in [0.5, 0.6) is 0 Å². The van der Waals surface area contributed by atoms with E-state index in [-0.39, 0.29) is 12.5 Å². The van der Waals surface area contributed by atoms with Crippen molar-refractivity contribution < 1.29 is 22.8 Å². The number of hydrogen-bond acceptors (Lipinski definition) is 2. The van der Waals surface area contributed by atoms with Gasteiger partial charge in [0.2, 0.25) is 5.91 Å². The predicted octanol–water partition coefficient (Wildman–Crippen LogP) is 4.17. The van der Waals surface area contributed by atoms with Crippen LogP contribution in [-0.4, -0.2) is 18.0 Å². The van der Waals surface area contributed by atoms with Gasteiger partial charge in [0.1, 0.15) is 6.04 Å². The molecular formula is C20H22F3N3O2. The van der Waals surface area contributed by atoms with Gasteiger partial charge >= 0.3 is 12.2 Å². The minimum atomic E-state index is -4.45. The zero-order chi connectivity index (χ0) is 20.7. The van der Waals surface area contributed by atoms with Gasteiger partial charge in [-0.05, 0) is 35.7 Å². The average molecular weight is 393 g/mol. The fraction of sp³-hybridized carbons (Fsp3) is 0.300. The maximum absolute atomic E-state index is 12.8. The summed E-state index contributed by atoms with van der Waals surface area (Å²) in [4.78, 5) is 24.6. The van der Waals surface area contributed by atoms with Crippen molar-refractivity contribution in [1.82, 2.24) is 10.6 Å². The number of alkyl halides is 3. The lowest BCUT2D eigenvalue weighted by Crippen LogP contribution is -2.50. The molecule has 0 spiro atoms. The van der Waals surface area contributed by atoms with Crippen LogP contribution in [0.15, 0.2) is 54.6 Å². The summed E-state index contributed by atoms with van der Waals surface area (Å²) in [5.74, 6) is -0.696. The highest BCUT2D eigenvalue weighted by atomic mass is 19.4. The van der Waals surface area contributed by atoms with Crippen LogP contribution in [0, 0.1) is 5.92 Å². The molecule has 2 rings (SSSR count). The van der Waals surface area contributed by atoms with E-state index in [1.807, 2.05) is 0 Å². The molecule has 0 bridgehead atoms. The third-order valence-electron chi connectivity index (χ3n) is 3.99. The van der Waals surface area contributed by atoms with Crippen LogP contribution < -0.4 is 16.0 Å². The molecule has 8 heteroatoms. The summed E-state index contributed by atoms with van der Waals surface area (Å²) in [6.45, 7) is 3.45. The fourth-order valence-electron chi connectivity index (χ4n) is 2.52. The first-order valence-corrected chi connectivity index (χ1v) is 8.73. The van der Waals surface area contributed by atoms with Gasteiger partial charge in [0.25, 0.3) is 0 Å². The van der Waals surface area contributed by atoms with Crippen LogP contribution >= 0.6 is 0 Å². The summed E-state index contributed by atoms with van der Waals surface area (Å²) in [7, 11) is 0. The standard InChI is InChI=1S/C20H22F3N3O2/c1-13(2)17(26-19(28)25-16-9-4-3-5-10-16)18(27)24-12-14-7-6-8-15(11-14)20(21,22)23/h3-11,13,17H,12H2,1-2H3,(H,24,27)(H2,25,26,28). The van der Waals surface area contributed by atoms with Gasteiger partial charge in [-0.15, -0.1) is 0 Å². The smallest absolute Gasteiger partial charge is 0.350 e. The first kappa shape index (κ1) is 21.3. The lowest BCUT2D eigenvalue weighted by Gasteiger charge is -2.22. The Balaban J connectivity index is 1.96. The molecular weight excluding hydrogens is 371 g/mol. The lowest BCUT2D eigenvalue weighted by molar-refractivity contribution is -0.137. The number of carbonyl (C=O) groups is 2. The molecule has 3 N–H and O–H groups in total. The zero-order valence-corrected chi connectivity index (χ0v) is 15.5. The summed E-state index contributed by atoms with van der Waals surface area (Å²) in [5, 5.41) is 7.80. The highest BCUT2D eigenvalue weighted by molar-refractivity contribution is 5.93. The number of benzene rings is 2. The highest BCUT2D eigenvalue weighted by Gasteiger charge is 2.30. The molecule has 5 nitrogen and oxygen atoms in total. The Kier molecular flexibility index (Phi) is 7.03. The molecule has 150 valence electrons. The monoisotopic (exact) mass is 393 g/mol. The van der Waals surface area contributed by atoms with E-state index in [1.54, 1.807) is 44.2 Å². The van der Waals surface area contributed by atoms with Gasteiger partial charge in [-0.1, -0.05) is 44.2 Å². The highest BCUT2D eigenvalue weighted by Crippen LogP contribution is 2.29. The van der Waals surface area contributed by atoms with Crippen LogP contribution in [0.3, 0.4) is 0 Å². The maximum Gasteiger partial charge on any atom is 0.416 e. The molecule has 1 atom stereocenters. The Morgan fingerprint density at radius 2 is 1.68 bits per heavy atom. The summed E-state index contributed by atoms with van der Waals surface area (Å²) < 4.78 is 38.3. The minimum absolute atomic E-state index is 0.0754. The van der Waals surface area contributed by atoms with Crippen molar-refractivity contribution >= 4 is 17.6 Å². The number of para-hydroxylation sites is 1. The largest absolute Gasteiger partial charge is 0.416 e. The van der Waals surface area contributed by atoms with E-state index in [9.17, 15) is 22.8 Å². The molecule has 2 aromatic rings. The summed E-state index contributed by atoms with van der Waals surface area (Å²) in [5.41, 5.74) is 0.117. The second-order valence-electron chi connectivity index (χ2n) is 6.60. The van der Waals surface area contributed by atoms with E-state index in [2.05, 4.69) is 16.0 Å². The molecule has 0 aromatic heterocycles. The number of rotatable bonds is 6. The minimum Gasteiger partial charge on any atom is -0.350 e. The molecule has 1 unspecified atom stereocenters. The molecule has 28 heavy (non-hydrogen) atoms. The summed E-state index contributed by atoms with van der Waals surface area (Å²) >= 11 is 0. The van der Waals surface area contributed by atoms with Gasteiger partial charge in [-0.3, -0.25) is 4.79 Å². The van der Waals surface area contributed by atoms with Gasteiger partial charge in [0.05, 0.1) is 5.56 Å². The van der Waals surface area contributed by atoms with Crippen molar-refractivity contribution in [2.45, 2.75) is 32.6 Å². The van der Waals surface area contributed by atoms with Crippen molar-refractivity contribution in [2.24, 2.45) is 5.92 Å². The average Bonchev–Trinajstić information content (AvgIpc) is 2.64. The van der Waals surface area contributed by atoms with Gasteiger partial charge in [0.15, 0.2) is 0 Å². The molecule has 3 amide bonds. The van der Waals surface area contributed by atoms with Crippen molar-refractivity contribution in [2.75, 3.05) is 5.32 Å². The van der Waals surface area contributed by atoms with Crippen molar-refractivity contribution in [3.8, 4) is 0 Å². The van der Waals surface area contributed by atoms with Crippen molar-refractivity contribution in [3.63, 3.8) is 0 Å².